The average molecular weight is 357 g/mol. The SMILES string of the molecule is Cc1c(OCCCN2CC(F)(F)C2)cccc1-c1cccc2c1CCC2. The lowest BCUT2D eigenvalue weighted by molar-refractivity contribution is -0.130. The molecule has 2 aromatic carbocycles. The number of halogens is 2. The third-order valence-corrected chi connectivity index (χ3v) is 5.51. The number of alkyl halides is 2. The molecule has 4 rings (SSSR count). The van der Waals surface area contributed by atoms with Crippen LogP contribution in [-0.2, 0) is 12.8 Å². The molecule has 2 nitrogen and oxygen atoms in total. The molecule has 0 spiro atoms. The van der Waals surface area contributed by atoms with E-state index in [0.29, 0.717) is 13.2 Å². The van der Waals surface area contributed by atoms with Gasteiger partial charge < -0.3 is 4.74 Å². The Morgan fingerprint density at radius 3 is 2.62 bits per heavy atom. The highest BCUT2D eigenvalue weighted by molar-refractivity contribution is 5.74. The van der Waals surface area contributed by atoms with Gasteiger partial charge in [0.2, 0.25) is 0 Å². The highest BCUT2D eigenvalue weighted by Gasteiger charge is 2.43. The van der Waals surface area contributed by atoms with Crippen LogP contribution in [0.1, 0.15) is 29.5 Å². The van der Waals surface area contributed by atoms with E-state index in [1.54, 1.807) is 4.90 Å². The van der Waals surface area contributed by atoms with Crippen molar-refractivity contribution < 1.29 is 13.5 Å². The van der Waals surface area contributed by atoms with Gasteiger partial charge in [-0.15, -0.1) is 0 Å². The summed E-state index contributed by atoms with van der Waals surface area (Å²) in [7, 11) is 0. The molecule has 26 heavy (non-hydrogen) atoms. The largest absolute Gasteiger partial charge is 0.493 e. The molecule has 0 unspecified atom stereocenters. The van der Waals surface area contributed by atoms with Gasteiger partial charge in [-0.05, 0) is 66.5 Å². The van der Waals surface area contributed by atoms with Crippen molar-refractivity contribution in [2.24, 2.45) is 0 Å². The van der Waals surface area contributed by atoms with Crippen LogP contribution in [0.15, 0.2) is 36.4 Å². The monoisotopic (exact) mass is 357 g/mol. The fourth-order valence-corrected chi connectivity index (χ4v) is 4.17. The number of likely N-dealkylation sites (tertiary alicyclic amines) is 1. The van der Waals surface area contributed by atoms with Gasteiger partial charge in [0.25, 0.3) is 5.92 Å². The van der Waals surface area contributed by atoms with Crippen molar-refractivity contribution in [1.29, 1.82) is 0 Å². The Labute approximate surface area is 153 Å². The molecule has 1 heterocycles. The summed E-state index contributed by atoms with van der Waals surface area (Å²) in [5, 5.41) is 0. The summed E-state index contributed by atoms with van der Waals surface area (Å²) in [6.07, 6.45) is 4.32. The maximum absolute atomic E-state index is 12.8. The fourth-order valence-electron chi connectivity index (χ4n) is 4.17. The van der Waals surface area contributed by atoms with E-state index in [2.05, 4.69) is 31.2 Å². The summed E-state index contributed by atoms with van der Waals surface area (Å²) in [5.41, 5.74) is 6.67. The van der Waals surface area contributed by atoms with Gasteiger partial charge in [0.15, 0.2) is 0 Å². The normalized spacial score (nSPS) is 18.4. The predicted molar refractivity (Wildman–Crippen MR) is 100 cm³/mol. The minimum Gasteiger partial charge on any atom is -0.493 e. The van der Waals surface area contributed by atoms with Crippen molar-refractivity contribution in [3.05, 3.63) is 53.1 Å². The van der Waals surface area contributed by atoms with Gasteiger partial charge in [0.05, 0.1) is 19.7 Å². The minimum atomic E-state index is -2.48. The zero-order valence-corrected chi connectivity index (χ0v) is 15.2. The van der Waals surface area contributed by atoms with Crippen molar-refractivity contribution in [3.63, 3.8) is 0 Å². The molecule has 1 saturated heterocycles. The van der Waals surface area contributed by atoms with Crippen LogP contribution in [0.25, 0.3) is 11.1 Å². The van der Waals surface area contributed by atoms with Crippen molar-refractivity contribution in [2.45, 2.75) is 38.5 Å². The van der Waals surface area contributed by atoms with Gasteiger partial charge in [-0.2, -0.15) is 0 Å². The molecule has 4 heteroatoms. The molecule has 2 aromatic rings. The predicted octanol–water partition coefficient (Wildman–Crippen LogP) is 4.87. The Hall–Kier alpha value is -1.94. The number of rotatable bonds is 6. The molecule has 0 aromatic heterocycles. The lowest BCUT2D eigenvalue weighted by Crippen LogP contribution is -2.56. The lowest BCUT2D eigenvalue weighted by atomic mass is 9.93. The van der Waals surface area contributed by atoms with E-state index in [-0.39, 0.29) is 13.1 Å². The number of nitrogens with zero attached hydrogens (tertiary/aromatic N) is 1. The van der Waals surface area contributed by atoms with E-state index in [4.69, 9.17) is 4.74 Å². The van der Waals surface area contributed by atoms with E-state index < -0.39 is 5.92 Å². The average Bonchev–Trinajstić information content (AvgIpc) is 3.07. The van der Waals surface area contributed by atoms with E-state index in [1.807, 2.05) is 12.1 Å². The van der Waals surface area contributed by atoms with Crippen LogP contribution >= 0.6 is 0 Å². The molecule has 0 saturated carbocycles. The summed E-state index contributed by atoms with van der Waals surface area (Å²) >= 11 is 0. The number of benzene rings is 2. The zero-order chi connectivity index (χ0) is 18.1. The highest BCUT2D eigenvalue weighted by atomic mass is 19.3. The second kappa shape index (κ2) is 6.99. The number of hydrogen-bond donors (Lipinski definition) is 0. The number of hydrogen-bond acceptors (Lipinski definition) is 2. The molecule has 2 aliphatic rings. The van der Waals surface area contributed by atoms with Crippen LogP contribution in [0, 0.1) is 6.92 Å². The first kappa shape index (κ1) is 17.5. The summed E-state index contributed by atoms with van der Waals surface area (Å²) in [6.45, 7) is 3.11. The Morgan fingerprint density at radius 2 is 1.81 bits per heavy atom. The fraction of sp³-hybridized carbons (Fsp3) is 0.455. The van der Waals surface area contributed by atoms with E-state index in [9.17, 15) is 8.78 Å². The topological polar surface area (TPSA) is 12.5 Å². The first-order valence-electron chi connectivity index (χ1n) is 9.47. The Morgan fingerprint density at radius 1 is 1.04 bits per heavy atom. The van der Waals surface area contributed by atoms with Crippen LogP contribution in [0.4, 0.5) is 8.78 Å². The third-order valence-electron chi connectivity index (χ3n) is 5.51. The molecule has 0 bridgehead atoms. The van der Waals surface area contributed by atoms with Gasteiger partial charge in [-0.25, -0.2) is 8.78 Å². The summed E-state index contributed by atoms with van der Waals surface area (Å²) < 4.78 is 31.7. The summed E-state index contributed by atoms with van der Waals surface area (Å²) in [5.74, 6) is -1.59. The van der Waals surface area contributed by atoms with E-state index in [1.165, 1.54) is 35.1 Å². The quantitative estimate of drug-likeness (QED) is 0.684. The van der Waals surface area contributed by atoms with Gasteiger partial charge in [0, 0.05) is 6.54 Å². The molecule has 1 aliphatic heterocycles. The maximum Gasteiger partial charge on any atom is 0.272 e. The number of ether oxygens (including phenoxy) is 1. The minimum absolute atomic E-state index is 0.110. The second-order valence-corrected chi connectivity index (χ2v) is 7.49. The first-order chi connectivity index (χ1) is 12.5. The molecule has 1 aliphatic carbocycles. The lowest BCUT2D eigenvalue weighted by Gasteiger charge is -2.38. The van der Waals surface area contributed by atoms with Crippen molar-refractivity contribution in [2.75, 3.05) is 26.2 Å². The maximum atomic E-state index is 12.8. The zero-order valence-electron chi connectivity index (χ0n) is 15.2. The van der Waals surface area contributed by atoms with Crippen molar-refractivity contribution >= 4 is 0 Å². The van der Waals surface area contributed by atoms with Gasteiger partial charge in [0.1, 0.15) is 5.75 Å². The molecular formula is C22H25F2NO. The summed E-state index contributed by atoms with van der Waals surface area (Å²) in [4.78, 5) is 1.78. The van der Waals surface area contributed by atoms with E-state index in [0.717, 1.165) is 24.2 Å². The van der Waals surface area contributed by atoms with E-state index >= 15 is 0 Å². The smallest absolute Gasteiger partial charge is 0.272 e. The van der Waals surface area contributed by atoms with Crippen molar-refractivity contribution in [1.82, 2.24) is 4.90 Å². The number of fused-ring (bicyclic) bond motifs is 1. The molecule has 0 radical (unpaired) electrons. The van der Waals surface area contributed by atoms with Crippen LogP contribution in [0.3, 0.4) is 0 Å². The molecule has 138 valence electrons. The molecule has 0 amide bonds. The Bertz CT molecular complexity index is 795. The molecular weight excluding hydrogens is 332 g/mol. The first-order valence-corrected chi connectivity index (χ1v) is 9.47. The molecule has 0 N–H and O–H groups in total. The summed E-state index contributed by atoms with van der Waals surface area (Å²) in [6, 6.07) is 12.8. The Kier molecular flexibility index (Phi) is 4.70. The van der Waals surface area contributed by atoms with Gasteiger partial charge in [-0.1, -0.05) is 30.3 Å². The molecule has 1 fully saturated rings. The Balaban J connectivity index is 1.41. The van der Waals surface area contributed by atoms with Crippen LogP contribution in [0.5, 0.6) is 5.75 Å². The second-order valence-electron chi connectivity index (χ2n) is 7.49. The van der Waals surface area contributed by atoms with Gasteiger partial charge in [-0.3, -0.25) is 4.90 Å². The van der Waals surface area contributed by atoms with Crippen LogP contribution in [0.2, 0.25) is 0 Å². The standard InChI is InChI=1S/C22H25F2NO/c1-16-18(20-10-3-7-17-6-2-9-19(17)20)8-4-11-21(16)26-13-5-12-25-14-22(23,24)15-25/h3-4,7-8,10-11H,2,5-6,9,12-15H2,1H3. The third kappa shape index (κ3) is 3.48. The van der Waals surface area contributed by atoms with Crippen LogP contribution in [-0.4, -0.2) is 37.1 Å². The highest BCUT2D eigenvalue weighted by Crippen LogP contribution is 2.36. The van der Waals surface area contributed by atoms with Crippen LogP contribution < -0.4 is 4.74 Å². The van der Waals surface area contributed by atoms with Crippen molar-refractivity contribution in [3.8, 4) is 16.9 Å². The molecule has 0 atom stereocenters. The van der Waals surface area contributed by atoms with Gasteiger partial charge >= 0.3 is 0 Å². The number of aryl methyl sites for hydroxylation is 1.